The molecule has 2 N–H and O–H groups in total. The molecule has 0 heterocycles. The molecule has 1 aliphatic carbocycles. The van der Waals surface area contributed by atoms with E-state index < -0.39 is 0 Å². The quantitative estimate of drug-likeness (QED) is 0.818. The topological polar surface area (TPSA) is 71.0 Å². The lowest BCUT2D eigenvalue weighted by atomic mass is 9.94. The van der Waals surface area contributed by atoms with Crippen LogP contribution in [0, 0.1) is 0 Å². The first-order chi connectivity index (χ1) is 11.6. The SMILES string of the molecule is COc1cc(NC(=O)N(CCO)C2CCCCC2)c(OC)cc1Cl. The van der Waals surface area contributed by atoms with Crippen LogP contribution in [-0.2, 0) is 0 Å². The van der Waals surface area contributed by atoms with E-state index in [0.717, 1.165) is 25.7 Å². The summed E-state index contributed by atoms with van der Waals surface area (Å²) in [5, 5.41) is 12.6. The molecule has 0 radical (unpaired) electrons. The minimum absolute atomic E-state index is 0.0645. The van der Waals surface area contributed by atoms with Crippen LogP contribution >= 0.6 is 11.6 Å². The Kier molecular flexibility index (Phi) is 6.99. The molecule has 2 amide bonds. The third kappa shape index (κ3) is 4.45. The molecule has 2 rings (SSSR count). The number of methoxy groups -OCH3 is 2. The maximum absolute atomic E-state index is 12.7. The van der Waals surface area contributed by atoms with Gasteiger partial charge in [-0.25, -0.2) is 4.79 Å². The van der Waals surface area contributed by atoms with Crippen molar-refractivity contribution in [2.75, 3.05) is 32.7 Å². The first kappa shape index (κ1) is 18.7. The van der Waals surface area contributed by atoms with Crippen molar-refractivity contribution < 1.29 is 19.4 Å². The number of anilines is 1. The van der Waals surface area contributed by atoms with E-state index in [1.165, 1.54) is 20.6 Å². The van der Waals surface area contributed by atoms with Crippen molar-refractivity contribution in [1.29, 1.82) is 0 Å². The van der Waals surface area contributed by atoms with Crippen molar-refractivity contribution in [2.24, 2.45) is 0 Å². The number of halogens is 1. The van der Waals surface area contributed by atoms with Gasteiger partial charge in [-0.15, -0.1) is 0 Å². The summed E-state index contributed by atoms with van der Waals surface area (Å²) in [4.78, 5) is 14.4. The predicted molar refractivity (Wildman–Crippen MR) is 94.2 cm³/mol. The maximum atomic E-state index is 12.7. The monoisotopic (exact) mass is 356 g/mol. The highest BCUT2D eigenvalue weighted by molar-refractivity contribution is 6.32. The average Bonchev–Trinajstić information content (AvgIpc) is 2.61. The number of aliphatic hydroxyl groups is 1. The molecule has 0 atom stereocenters. The largest absolute Gasteiger partial charge is 0.495 e. The van der Waals surface area contributed by atoms with Gasteiger partial charge in [-0.3, -0.25) is 0 Å². The molecule has 1 saturated carbocycles. The van der Waals surface area contributed by atoms with Crippen molar-refractivity contribution in [3.63, 3.8) is 0 Å². The van der Waals surface area contributed by atoms with Gasteiger partial charge in [-0.1, -0.05) is 30.9 Å². The summed E-state index contributed by atoms with van der Waals surface area (Å²) in [6, 6.07) is 3.15. The Hall–Kier alpha value is -1.66. The summed E-state index contributed by atoms with van der Waals surface area (Å²) in [5.74, 6) is 0.917. The number of benzene rings is 1. The van der Waals surface area contributed by atoms with Gasteiger partial charge in [0, 0.05) is 24.7 Å². The van der Waals surface area contributed by atoms with Crippen LogP contribution in [0.4, 0.5) is 10.5 Å². The van der Waals surface area contributed by atoms with E-state index >= 15 is 0 Å². The second-order valence-electron chi connectivity index (χ2n) is 5.83. The number of nitrogens with one attached hydrogen (secondary N) is 1. The van der Waals surface area contributed by atoms with Crippen molar-refractivity contribution in [1.82, 2.24) is 4.90 Å². The summed E-state index contributed by atoms with van der Waals surface area (Å²) >= 11 is 6.09. The number of nitrogens with zero attached hydrogens (tertiary/aromatic N) is 1. The molecule has 0 aromatic heterocycles. The fraction of sp³-hybridized carbons (Fsp3) is 0.588. The summed E-state index contributed by atoms with van der Waals surface area (Å²) in [6.07, 6.45) is 5.35. The van der Waals surface area contributed by atoms with Gasteiger partial charge in [-0.2, -0.15) is 0 Å². The number of hydrogen-bond acceptors (Lipinski definition) is 4. The predicted octanol–water partition coefficient (Wildman–Crippen LogP) is 3.52. The molecule has 1 aliphatic rings. The van der Waals surface area contributed by atoms with Crippen LogP contribution < -0.4 is 14.8 Å². The highest BCUT2D eigenvalue weighted by atomic mass is 35.5. The molecule has 7 heteroatoms. The molecule has 24 heavy (non-hydrogen) atoms. The number of aliphatic hydroxyl groups excluding tert-OH is 1. The van der Waals surface area contributed by atoms with Gasteiger partial charge in [0.2, 0.25) is 0 Å². The van der Waals surface area contributed by atoms with Crippen LogP contribution in [0.2, 0.25) is 5.02 Å². The zero-order valence-corrected chi connectivity index (χ0v) is 14.9. The van der Waals surface area contributed by atoms with Gasteiger partial charge < -0.3 is 24.8 Å². The minimum atomic E-state index is -0.251. The molecule has 0 saturated heterocycles. The number of hydrogen-bond donors (Lipinski definition) is 2. The Morgan fingerprint density at radius 3 is 2.50 bits per heavy atom. The van der Waals surface area contributed by atoms with E-state index in [9.17, 15) is 9.90 Å². The van der Waals surface area contributed by atoms with Crippen molar-refractivity contribution >= 4 is 23.3 Å². The molecule has 0 unspecified atom stereocenters. The Labute approximate surface area is 147 Å². The number of carbonyl (C=O) groups is 1. The zero-order chi connectivity index (χ0) is 17.5. The zero-order valence-electron chi connectivity index (χ0n) is 14.2. The molecule has 1 aromatic rings. The van der Waals surface area contributed by atoms with Crippen LogP contribution in [-0.4, -0.2) is 49.5 Å². The highest BCUT2D eigenvalue weighted by Gasteiger charge is 2.26. The standard InChI is InChI=1S/C17H25ClN2O4/c1-23-15-11-14(16(24-2)10-13(15)18)19-17(22)20(8-9-21)12-6-4-3-5-7-12/h10-12,21H,3-9H2,1-2H3,(H,19,22). The maximum Gasteiger partial charge on any atom is 0.322 e. The van der Waals surface area contributed by atoms with E-state index in [1.807, 2.05) is 0 Å². The molecular formula is C17H25ClN2O4. The lowest BCUT2D eigenvalue weighted by molar-refractivity contribution is 0.144. The van der Waals surface area contributed by atoms with Gasteiger partial charge in [0.1, 0.15) is 11.5 Å². The Morgan fingerprint density at radius 1 is 1.25 bits per heavy atom. The summed E-state index contributed by atoms with van der Waals surface area (Å²) in [6.45, 7) is 0.245. The Bertz CT molecular complexity index is 562. The van der Waals surface area contributed by atoms with Crippen LogP contribution in [0.15, 0.2) is 12.1 Å². The second-order valence-corrected chi connectivity index (χ2v) is 6.23. The fourth-order valence-electron chi connectivity index (χ4n) is 3.10. The van der Waals surface area contributed by atoms with Gasteiger partial charge in [-0.05, 0) is 12.8 Å². The van der Waals surface area contributed by atoms with Crippen LogP contribution in [0.5, 0.6) is 11.5 Å². The number of urea groups is 1. The van der Waals surface area contributed by atoms with E-state index in [4.69, 9.17) is 21.1 Å². The van der Waals surface area contributed by atoms with Crippen LogP contribution in [0.25, 0.3) is 0 Å². The lowest BCUT2D eigenvalue weighted by Crippen LogP contribution is -2.45. The molecule has 1 aromatic carbocycles. The average molecular weight is 357 g/mol. The summed E-state index contributed by atoms with van der Waals surface area (Å²) < 4.78 is 10.5. The first-order valence-corrected chi connectivity index (χ1v) is 8.58. The van der Waals surface area contributed by atoms with Crippen molar-refractivity contribution in [3.8, 4) is 11.5 Å². The molecule has 6 nitrogen and oxygen atoms in total. The molecule has 1 fully saturated rings. The van der Waals surface area contributed by atoms with Gasteiger partial charge in [0.15, 0.2) is 0 Å². The molecule has 0 spiro atoms. The van der Waals surface area contributed by atoms with Gasteiger partial charge in [0.25, 0.3) is 0 Å². The van der Waals surface area contributed by atoms with Crippen LogP contribution in [0.1, 0.15) is 32.1 Å². The van der Waals surface area contributed by atoms with Crippen molar-refractivity contribution in [3.05, 3.63) is 17.2 Å². The molecular weight excluding hydrogens is 332 g/mol. The third-order valence-corrected chi connectivity index (χ3v) is 4.63. The number of rotatable bonds is 6. The van der Waals surface area contributed by atoms with Crippen molar-refractivity contribution in [2.45, 2.75) is 38.1 Å². The Balaban J connectivity index is 2.19. The molecule has 0 aliphatic heterocycles. The van der Waals surface area contributed by atoms with E-state index in [-0.39, 0.29) is 18.7 Å². The number of carbonyl (C=O) groups excluding carboxylic acids is 1. The smallest absolute Gasteiger partial charge is 0.322 e. The van der Waals surface area contributed by atoms with Gasteiger partial charge >= 0.3 is 6.03 Å². The third-order valence-electron chi connectivity index (χ3n) is 4.33. The van der Waals surface area contributed by atoms with E-state index in [2.05, 4.69) is 5.32 Å². The van der Waals surface area contributed by atoms with Crippen LogP contribution in [0.3, 0.4) is 0 Å². The Morgan fingerprint density at radius 2 is 1.92 bits per heavy atom. The van der Waals surface area contributed by atoms with Gasteiger partial charge in [0.05, 0.1) is 31.5 Å². The minimum Gasteiger partial charge on any atom is -0.495 e. The fourth-order valence-corrected chi connectivity index (χ4v) is 3.33. The lowest BCUT2D eigenvalue weighted by Gasteiger charge is -2.34. The first-order valence-electron chi connectivity index (χ1n) is 8.20. The number of ether oxygens (including phenoxy) is 2. The summed E-state index contributed by atoms with van der Waals surface area (Å²) in [5.41, 5.74) is 0.488. The molecule has 0 bridgehead atoms. The second kappa shape index (κ2) is 8.99. The normalized spacial score (nSPS) is 15.0. The molecule has 134 valence electrons. The summed E-state index contributed by atoms with van der Waals surface area (Å²) in [7, 11) is 3.03. The van der Waals surface area contributed by atoms with E-state index in [0.29, 0.717) is 28.8 Å². The van der Waals surface area contributed by atoms with E-state index in [1.54, 1.807) is 17.0 Å². The number of amides is 2. The highest BCUT2D eigenvalue weighted by Crippen LogP contribution is 2.36.